The van der Waals surface area contributed by atoms with Crippen LogP contribution in [-0.2, 0) is 6.42 Å². The molecule has 0 aliphatic heterocycles. The Balaban J connectivity index is 1.57. The van der Waals surface area contributed by atoms with Crippen LogP contribution in [0.1, 0.15) is 29.9 Å². The number of ether oxygens (including phenoxy) is 1. The lowest BCUT2D eigenvalue weighted by atomic mass is 10.1. The van der Waals surface area contributed by atoms with Gasteiger partial charge in [-0.2, -0.15) is 0 Å². The summed E-state index contributed by atoms with van der Waals surface area (Å²) in [7, 11) is 0. The van der Waals surface area contributed by atoms with Crippen molar-refractivity contribution in [3.8, 4) is 5.75 Å². The average molecular weight is 376 g/mol. The SMILES string of the molecule is CC(C)Oc1ccccc1Nc1ccc(C(=O)NCCc2ccccc2)nn1. The Labute approximate surface area is 165 Å². The minimum absolute atomic E-state index is 0.0657. The van der Waals surface area contributed by atoms with Crippen LogP contribution >= 0.6 is 0 Å². The summed E-state index contributed by atoms with van der Waals surface area (Å²) in [6, 6.07) is 21.0. The van der Waals surface area contributed by atoms with E-state index in [9.17, 15) is 4.79 Å². The Bertz CT molecular complexity index is 896. The number of amides is 1. The molecule has 0 unspecified atom stereocenters. The molecular formula is C22H24N4O2. The maximum Gasteiger partial charge on any atom is 0.271 e. The first kappa shape index (κ1) is 19.4. The van der Waals surface area contributed by atoms with E-state index in [1.165, 1.54) is 5.56 Å². The molecule has 1 amide bonds. The normalized spacial score (nSPS) is 10.5. The predicted octanol–water partition coefficient (Wildman–Crippen LogP) is 3.98. The number of hydrogen-bond donors (Lipinski definition) is 2. The molecule has 144 valence electrons. The third kappa shape index (κ3) is 5.54. The van der Waals surface area contributed by atoms with Crippen LogP contribution in [0.5, 0.6) is 5.75 Å². The van der Waals surface area contributed by atoms with Crippen LogP contribution in [0.2, 0.25) is 0 Å². The summed E-state index contributed by atoms with van der Waals surface area (Å²) in [6.07, 6.45) is 0.836. The highest BCUT2D eigenvalue weighted by Gasteiger charge is 2.10. The number of nitrogens with zero attached hydrogens (tertiary/aromatic N) is 2. The van der Waals surface area contributed by atoms with Gasteiger partial charge >= 0.3 is 0 Å². The van der Waals surface area contributed by atoms with E-state index >= 15 is 0 Å². The second kappa shape index (κ2) is 9.50. The summed E-state index contributed by atoms with van der Waals surface area (Å²) < 4.78 is 5.79. The molecule has 0 aliphatic carbocycles. The van der Waals surface area contributed by atoms with Crippen LogP contribution in [0.25, 0.3) is 0 Å². The first-order chi connectivity index (χ1) is 13.6. The highest BCUT2D eigenvalue weighted by molar-refractivity contribution is 5.92. The lowest BCUT2D eigenvalue weighted by molar-refractivity contribution is 0.0948. The molecule has 0 fully saturated rings. The molecule has 0 spiro atoms. The summed E-state index contributed by atoms with van der Waals surface area (Å²) in [6.45, 7) is 4.49. The fourth-order valence-electron chi connectivity index (χ4n) is 2.64. The fourth-order valence-corrected chi connectivity index (χ4v) is 2.64. The molecule has 0 bridgehead atoms. The maximum absolute atomic E-state index is 12.2. The van der Waals surface area contributed by atoms with Crippen molar-refractivity contribution < 1.29 is 9.53 Å². The second-order valence-corrected chi connectivity index (χ2v) is 6.58. The standard InChI is InChI=1S/C22H24N4O2/c1-16(2)28-20-11-7-6-10-18(20)24-21-13-12-19(25-26-21)22(27)23-15-14-17-8-4-3-5-9-17/h3-13,16H,14-15H2,1-2H3,(H,23,27)(H,24,26). The summed E-state index contributed by atoms with van der Waals surface area (Å²) in [4.78, 5) is 12.2. The van der Waals surface area contributed by atoms with Gasteiger partial charge in [0.25, 0.3) is 5.91 Å². The Kier molecular flexibility index (Phi) is 6.57. The summed E-state index contributed by atoms with van der Waals surface area (Å²) in [5.74, 6) is 1.04. The quantitative estimate of drug-likeness (QED) is 0.622. The van der Waals surface area contributed by atoms with Gasteiger partial charge in [-0.05, 0) is 50.1 Å². The number of para-hydroxylation sites is 2. The Morgan fingerprint density at radius 3 is 2.43 bits per heavy atom. The third-order valence-electron chi connectivity index (χ3n) is 3.95. The van der Waals surface area contributed by atoms with E-state index in [0.717, 1.165) is 17.9 Å². The molecule has 2 N–H and O–H groups in total. The smallest absolute Gasteiger partial charge is 0.271 e. The number of anilines is 2. The molecule has 1 heterocycles. The van der Waals surface area contributed by atoms with Gasteiger partial charge in [0, 0.05) is 6.54 Å². The van der Waals surface area contributed by atoms with Crippen LogP contribution in [0.4, 0.5) is 11.5 Å². The van der Waals surface area contributed by atoms with E-state index in [0.29, 0.717) is 12.4 Å². The molecule has 6 nitrogen and oxygen atoms in total. The molecule has 3 aromatic rings. The van der Waals surface area contributed by atoms with Crippen molar-refractivity contribution in [2.45, 2.75) is 26.4 Å². The monoisotopic (exact) mass is 376 g/mol. The zero-order valence-corrected chi connectivity index (χ0v) is 16.1. The fraction of sp³-hybridized carbons (Fsp3) is 0.227. The molecule has 28 heavy (non-hydrogen) atoms. The van der Waals surface area contributed by atoms with Gasteiger partial charge in [-0.15, -0.1) is 10.2 Å². The van der Waals surface area contributed by atoms with Gasteiger partial charge in [0.05, 0.1) is 11.8 Å². The Morgan fingerprint density at radius 2 is 1.71 bits per heavy atom. The largest absolute Gasteiger partial charge is 0.489 e. The Morgan fingerprint density at radius 1 is 0.964 bits per heavy atom. The summed E-state index contributed by atoms with van der Waals surface area (Å²) in [5.41, 5.74) is 2.26. The zero-order valence-electron chi connectivity index (χ0n) is 16.1. The number of benzene rings is 2. The number of rotatable bonds is 8. The number of aromatic nitrogens is 2. The van der Waals surface area contributed by atoms with Crippen LogP contribution in [0.3, 0.4) is 0 Å². The van der Waals surface area contributed by atoms with E-state index in [2.05, 4.69) is 20.8 Å². The van der Waals surface area contributed by atoms with E-state index in [1.54, 1.807) is 12.1 Å². The van der Waals surface area contributed by atoms with Crippen LogP contribution in [0, 0.1) is 0 Å². The van der Waals surface area contributed by atoms with Crippen LogP contribution < -0.4 is 15.4 Å². The maximum atomic E-state index is 12.2. The van der Waals surface area contributed by atoms with Gasteiger partial charge in [-0.3, -0.25) is 4.79 Å². The zero-order chi connectivity index (χ0) is 19.8. The van der Waals surface area contributed by atoms with E-state index in [-0.39, 0.29) is 17.7 Å². The first-order valence-corrected chi connectivity index (χ1v) is 9.30. The molecule has 0 aliphatic rings. The minimum Gasteiger partial charge on any atom is -0.489 e. The minimum atomic E-state index is -0.237. The number of carbonyl (C=O) groups excluding carboxylic acids is 1. The van der Waals surface area contributed by atoms with Crippen molar-refractivity contribution in [1.82, 2.24) is 15.5 Å². The Hall–Kier alpha value is -3.41. The van der Waals surface area contributed by atoms with Gasteiger partial charge in [0.1, 0.15) is 5.75 Å². The molecule has 3 rings (SSSR count). The highest BCUT2D eigenvalue weighted by atomic mass is 16.5. The molecule has 0 atom stereocenters. The molecule has 0 saturated carbocycles. The topological polar surface area (TPSA) is 76.1 Å². The highest BCUT2D eigenvalue weighted by Crippen LogP contribution is 2.27. The van der Waals surface area contributed by atoms with Crippen molar-refractivity contribution in [2.75, 3.05) is 11.9 Å². The van der Waals surface area contributed by atoms with Crippen molar-refractivity contribution in [3.05, 3.63) is 78.0 Å². The molecule has 0 radical (unpaired) electrons. The van der Waals surface area contributed by atoms with Gasteiger partial charge in [0.2, 0.25) is 0 Å². The molecule has 2 aromatic carbocycles. The molecule has 0 saturated heterocycles. The van der Waals surface area contributed by atoms with Crippen LogP contribution in [0.15, 0.2) is 66.7 Å². The summed E-state index contributed by atoms with van der Waals surface area (Å²) in [5, 5.41) is 14.2. The van der Waals surface area contributed by atoms with Crippen LogP contribution in [-0.4, -0.2) is 28.8 Å². The second-order valence-electron chi connectivity index (χ2n) is 6.58. The van der Waals surface area contributed by atoms with Crippen molar-refractivity contribution >= 4 is 17.4 Å². The van der Waals surface area contributed by atoms with Crippen molar-refractivity contribution in [1.29, 1.82) is 0 Å². The number of hydrogen-bond acceptors (Lipinski definition) is 5. The molecule has 6 heteroatoms. The summed E-state index contributed by atoms with van der Waals surface area (Å²) >= 11 is 0. The number of carbonyl (C=O) groups is 1. The van der Waals surface area contributed by atoms with E-state index in [1.807, 2.05) is 68.4 Å². The van der Waals surface area contributed by atoms with Crippen molar-refractivity contribution in [3.63, 3.8) is 0 Å². The first-order valence-electron chi connectivity index (χ1n) is 9.30. The molecular weight excluding hydrogens is 352 g/mol. The molecule has 1 aromatic heterocycles. The van der Waals surface area contributed by atoms with Gasteiger partial charge in [-0.25, -0.2) is 0 Å². The van der Waals surface area contributed by atoms with Gasteiger partial charge < -0.3 is 15.4 Å². The average Bonchev–Trinajstić information content (AvgIpc) is 2.70. The lowest BCUT2D eigenvalue weighted by Crippen LogP contribution is -2.26. The predicted molar refractivity (Wildman–Crippen MR) is 110 cm³/mol. The van der Waals surface area contributed by atoms with Gasteiger partial charge in [0.15, 0.2) is 11.5 Å². The van der Waals surface area contributed by atoms with E-state index < -0.39 is 0 Å². The van der Waals surface area contributed by atoms with E-state index in [4.69, 9.17) is 4.74 Å². The van der Waals surface area contributed by atoms with Crippen molar-refractivity contribution in [2.24, 2.45) is 0 Å². The third-order valence-corrected chi connectivity index (χ3v) is 3.95. The number of nitrogens with one attached hydrogen (secondary N) is 2. The lowest BCUT2D eigenvalue weighted by Gasteiger charge is -2.14. The van der Waals surface area contributed by atoms with Gasteiger partial charge in [-0.1, -0.05) is 42.5 Å².